The fourth-order valence-corrected chi connectivity index (χ4v) is 4.56. The maximum Gasteiger partial charge on any atom is 0.416 e. The first-order chi connectivity index (χ1) is 14.8. The Morgan fingerprint density at radius 2 is 1.94 bits per heavy atom. The number of fused-ring (bicyclic) bond motifs is 2. The van der Waals surface area contributed by atoms with Gasteiger partial charge in [0, 0.05) is 34.1 Å². The third kappa shape index (κ3) is 3.84. The molecule has 4 nitrogen and oxygen atoms in total. The zero-order valence-electron chi connectivity index (χ0n) is 15.6. The highest BCUT2D eigenvalue weighted by atomic mass is 35.5. The van der Waals surface area contributed by atoms with Crippen LogP contribution in [0, 0.1) is 0 Å². The normalized spacial score (nSPS) is 12.1. The number of hydrogen-bond acceptors (Lipinski definition) is 4. The summed E-state index contributed by atoms with van der Waals surface area (Å²) in [6, 6.07) is 11.9. The van der Waals surface area contributed by atoms with Gasteiger partial charge in [-0.05, 0) is 35.9 Å². The zero-order valence-corrected chi connectivity index (χ0v) is 17.2. The number of hydrogen-bond donors (Lipinski definition) is 0. The van der Waals surface area contributed by atoms with Crippen LogP contribution in [-0.2, 0) is 12.6 Å². The molecule has 0 saturated heterocycles. The van der Waals surface area contributed by atoms with E-state index in [9.17, 15) is 18.0 Å². The molecule has 0 bridgehead atoms. The number of imidazole rings is 1. The minimum Gasteiger partial charge on any atom is -0.422 e. The number of alkyl halides is 3. The van der Waals surface area contributed by atoms with Crippen molar-refractivity contribution in [3.63, 3.8) is 0 Å². The van der Waals surface area contributed by atoms with Crippen LogP contribution in [0.25, 0.3) is 27.2 Å². The molecule has 0 unspecified atom stereocenters. The van der Waals surface area contributed by atoms with Crippen LogP contribution in [0.4, 0.5) is 13.2 Å². The number of rotatable bonds is 3. The Morgan fingerprint density at radius 3 is 2.71 bits per heavy atom. The van der Waals surface area contributed by atoms with Gasteiger partial charge < -0.3 is 4.42 Å². The molecule has 0 amide bonds. The molecule has 0 radical (unpaired) electrons. The van der Waals surface area contributed by atoms with Crippen LogP contribution in [0.15, 0.2) is 70.1 Å². The third-order valence-corrected chi connectivity index (χ3v) is 6.04. The molecular weight excluding hydrogens is 449 g/mol. The van der Waals surface area contributed by atoms with Crippen molar-refractivity contribution in [2.75, 3.05) is 0 Å². The van der Waals surface area contributed by atoms with Crippen LogP contribution in [0.1, 0.15) is 16.0 Å². The molecule has 0 saturated carbocycles. The highest BCUT2D eigenvalue weighted by molar-refractivity contribution is 7.17. The van der Waals surface area contributed by atoms with Gasteiger partial charge in [0.1, 0.15) is 5.58 Å². The number of aromatic nitrogens is 2. The van der Waals surface area contributed by atoms with E-state index in [1.807, 2.05) is 0 Å². The van der Waals surface area contributed by atoms with Gasteiger partial charge in [0.05, 0.1) is 16.8 Å². The molecule has 0 fully saturated rings. The first kappa shape index (κ1) is 19.8. The van der Waals surface area contributed by atoms with Crippen LogP contribution in [-0.4, -0.2) is 9.38 Å². The van der Waals surface area contributed by atoms with Crippen LogP contribution in [0.5, 0.6) is 0 Å². The Morgan fingerprint density at radius 1 is 1.10 bits per heavy atom. The molecular formula is C22H12ClF3N2O2S. The summed E-state index contributed by atoms with van der Waals surface area (Å²) in [6.07, 6.45) is -0.523. The van der Waals surface area contributed by atoms with E-state index in [0.717, 1.165) is 17.0 Å². The first-order valence-corrected chi connectivity index (χ1v) is 10.3. The van der Waals surface area contributed by atoms with Crippen molar-refractivity contribution in [3.8, 4) is 11.3 Å². The fourth-order valence-electron chi connectivity index (χ4n) is 3.39. The van der Waals surface area contributed by atoms with Gasteiger partial charge in [0.2, 0.25) is 0 Å². The summed E-state index contributed by atoms with van der Waals surface area (Å²) in [5.41, 5.74) is 0.577. The van der Waals surface area contributed by atoms with Crippen LogP contribution in [0.2, 0.25) is 5.02 Å². The average molecular weight is 461 g/mol. The number of halogens is 4. The summed E-state index contributed by atoms with van der Waals surface area (Å²) in [4.78, 5) is 18.4. The Balaban J connectivity index is 1.47. The molecule has 5 aromatic rings. The maximum absolute atomic E-state index is 12.9. The smallest absolute Gasteiger partial charge is 0.416 e. The maximum atomic E-state index is 12.9. The molecule has 156 valence electrons. The summed E-state index contributed by atoms with van der Waals surface area (Å²) >= 11 is 7.37. The molecule has 3 heterocycles. The molecule has 31 heavy (non-hydrogen) atoms. The lowest BCUT2D eigenvalue weighted by Gasteiger charge is -2.07. The summed E-state index contributed by atoms with van der Waals surface area (Å²) in [6.45, 7) is 0. The second-order valence-corrected chi connectivity index (χ2v) is 8.55. The SMILES string of the molecule is O=c1oc2ccc(Cl)cc2cc1-c1cn2cc(Cc3cccc(C(F)(F)F)c3)sc2n1. The van der Waals surface area contributed by atoms with E-state index < -0.39 is 17.4 Å². The van der Waals surface area contributed by atoms with Crippen LogP contribution in [0.3, 0.4) is 0 Å². The Bertz CT molecular complexity index is 1470. The minimum atomic E-state index is -4.37. The number of thiazole rings is 1. The van der Waals surface area contributed by atoms with Gasteiger partial charge in [0.15, 0.2) is 4.96 Å². The quantitative estimate of drug-likeness (QED) is 0.291. The van der Waals surface area contributed by atoms with Crippen LogP contribution < -0.4 is 5.63 Å². The lowest BCUT2D eigenvalue weighted by atomic mass is 10.1. The van der Waals surface area contributed by atoms with Crippen molar-refractivity contribution in [2.24, 2.45) is 0 Å². The highest BCUT2D eigenvalue weighted by Crippen LogP contribution is 2.31. The van der Waals surface area contributed by atoms with Gasteiger partial charge in [-0.2, -0.15) is 13.2 Å². The molecule has 0 aliphatic rings. The van der Waals surface area contributed by atoms with E-state index >= 15 is 0 Å². The van der Waals surface area contributed by atoms with E-state index in [1.54, 1.807) is 47.1 Å². The van der Waals surface area contributed by atoms with Gasteiger partial charge >= 0.3 is 11.8 Å². The molecule has 0 aliphatic carbocycles. The Hall–Kier alpha value is -3.10. The molecule has 0 atom stereocenters. The van der Waals surface area contributed by atoms with Crippen molar-refractivity contribution in [2.45, 2.75) is 12.6 Å². The first-order valence-electron chi connectivity index (χ1n) is 9.13. The van der Waals surface area contributed by atoms with E-state index in [2.05, 4.69) is 4.98 Å². The molecule has 0 N–H and O–H groups in total. The summed E-state index contributed by atoms with van der Waals surface area (Å²) in [5, 5.41) is 1.21. The largest absolute Gasteiger partial charge is 0.422 e. The van der Waals surface area contributed by atoms with Crippen molar-refractivity contribution >= 4 is 38.9 Å². The van der Waals surface area contributed by atoms with Crippen molar-refractivity contribution in [1.82, 2.24) is 9.38 Å². The monoisotopic (exact) mass is 460 g/mol. The van der Waals surface area contributed by atoms with Gasteiger partial charge in [-0.15, -0.1) is 11.3 Å². The van der Waals surface area contributed by atoms with Gasteiger partial charge in [-0.25, -0.2) is 9.78 Å². The predicted octanol–water partition coefficient (Wildman–Crippen LogP) is 6.43. The van der Waals surface area contributed by atoms with E-state index in [-0.39, 0.29) is 0 Å². The topological polar surface area (TPSA) is 47.5 Å². The molecule has 2 aromatic carbocycles. The molecule has 5 rings (SSSR count). The Labute approximate surface area is 182 Å². The molecule has 0 aliphatic heterocycles. The molecule has 9 heteroatoms. The fraction of sp³-hybridized carbons (Fsp3) is 0.0909. The van der Waals surface area contributed by atoms with E-state index in [1.165, 1.54) is 17.4 Å². The van der Waals surface area contributed by atoms with Crippen LogP contribution >= 0.6 is 22.9 Å². The third-order valence-electron chi connectivity index (χ3n) is 4.81. The summed E-state index contributed by atoms with van der Waals surface area (Å²) in [7, 11) is 0. The van der Waals surface area contributed by atoms with Crippen molar-refractivity contribution < 1.29 is 17.6 Å². The summed E-state index contributed by atoms with van der Waals surface area (Å²) in [5.74, 6) is 0. The number of benzene rings is 2. The van der Waals surface area contributed by atoms with Crippen molar-refractivity contribution in [3.05, 3.63) is 92.4 Å². The predicted molar refractivity (Wildman–Crippen MR) is 114 cm³/mol. The minimum absolute atomic E-state index is 0.310. The van der Waals surface area contributed by atoms with E-state index in [4.69, 9.17) is 16.0 Å². The second kappa shape index (κ2) is 7.25. The lowest BCUT2D eigenvalue weighted by Crippen LogP contribution is -2.05. The second-order valence-electron chi connectivity index (χ2n) is 7.02. The standard InChI is InChI=1S/C22H12ClF3N2O2S/c23-15-4-5-19-13(8-15)9-17(20(29)30-19)18-11-28-10-16(31-21(28)27-18)7-12-2-1-3-14(6-12)22(24,25)26/h1-6,8-11H,7H2. The summed E-state index contributed by atoms with van der Waals surface area (Å²) < 4.78 is 45.9. The zero-order chi connectivity index (χ0) is 21.8. The molecule has 0 spiro atoms. The van der Waals surface area contributed by atoms with Gasteiger partial charge in [0.25, 0.3) is 0 Å². The highest BCUT2D eigenvalue weighted by Gasteiger charge is 2.30. The average Bonchev–Trinajstić information content (AvgIpc) is 3.26. The van der Waals surface area contributed by atoms with Crippen molar-refractivity contribution in [1.29, 1.82) is 0 Å². The van der Waals surface area contributed by atoms with Gasteiger partial charge in [-0.1, -0.05) is 29.8 Å². The molecule has 3 aromatic heterocycles. The number of nitrogens with zero attached hydrogens (tertiary/aromatic N) is 2. The Kier molecular flexibility index (Phi) is 4.64. The van der Waals surface area contributed by atoms with E-state index in [0.29, 0.717) is 44.2 Å². The lowest BCUT2D eigenvalue weighted by molar-refractivity contribution is -0.137. The van der Waals surface area contributed by atoms with Gasteiger partial charge in [-0.3, -0.25) is 4.40 Å².